The first kappa shape index (κ1) is 18.0. The molecule has 0 fully saturated rings. The lowest BCUT2D eigenvalue weighted by atomic mass is 10.3. The molecule has 0 saturated heterocycles. The molecule has 138 valence electrons. The minimum Gasteiger partial charge on any atom is -0.465 e. The van der Waals surface area contributed by atoms with Gasteiger partial charge in [0.25, 0.3) is 0 Å². The van der Waals surface area contributed by atoms with Crippen LogP contribution in [0.3, 0.4) is 0 Å². The Bertz CT molecular complexity index is 981. The number of anilines is 1. The molecule has 3 aromatic rings. The highest BCUT2D eigenvalue weighted by Crippen LogP contribution is 2.36. The topological polar surface area (TPSA) is 97.3 Å². The highest BCUT2D eigenvalue weighted by molar-refractivity contribution is 7.99. The first-order valence-electron chi connectivity index (χ1n) is 7.32. The fourth-order valence-electron chi connectivity index (χ4n) is 2.35. The zero-order valence-electron chi connectivity index (χ0n) is 13.6. The molecule has 3 heterocycles. The second-order valence-corrected chi connectivity index (χ2v) is 6.45. The van der Waals surface area contributed by atoms with Crippen molar-refractivity contribution in [3.05, 3.63) is 24.3 Å². The molecule has 0 aromatic carbocycles. The highest BCUT2D eigenvalue weighted by atomic mass is 32.2. The van der Waals surface area contributed by atoms with Crippen LogP contribution in [0.5, 0.6) is 0 Å². The Balaban J connectivity index is 2.12. The number of halogens is 3. The number of nitrogens with one attached hydrogen (secondary N) is 1. The van der Waals surface area contributed by atoms with Crippen molar-refractivity contribution in [3.63, 3.8) is 0 Å². The Morgan fingerprint density at radius 3 is 2.77 bits per heavy atom. The molecule has 1 amide bonds. The number of aromatic nitrogens is 5. The van der Waals surface area contributed by atoms with E-state index in [1.807, 2.05) is 6.92 Å². The lowest BCUT2D eigenvalue weighted by molar-refractivity contribution is -0.141. The number of fused-ring (bicyclic) bond motifs is 1. The van der Waals surface area contributed by atoms with E-state index in [9.17, 15) is 18.0 Å². The second kappa shape index (κ2) is 6.52. The van der Waals surface area contributed by atoms with E-state index in [0.29, 0.717) is 22.0 Å². The SMILES string of the molecule is CCSc1c(-c2cn3cnc(C(F)(F)F)cc3n2)nn(C)c1NC(=O)O. The summed E-state index contributed by atoms with van der Waals surface area (Å²) in [6.45, 7) is 1.88. The van der Waals surface area contributed by atoms with Crippen LogP contribution in [-0.2, 0) is 13.2 Å². The number of alkyl halides is 3. The van der Waals surface area contributed by atoms with Gasteiger partial charge in [-0.2, -0.15) is 18.3 Å². The Morgan fingerprint density at radius 1 is 1.42 bits per heavy atom. The number of aryl methyl sites for hydroxylation is 1. The zero-order chi connectivity index (χ0) is 19.1. The molecule has 0 radical (unpaired) electrons. The quantitative estimate of drug-likeness (QED) is 0.668. The molecular weight excluding hydrogens is 373 g/mol. The van der Waals surface area contributed by atoms with Crippen molar-refractivity contribution < 1.29 is 23.1 Å². The van der Waals surface area contributed by atoms with Crippen molar-refractivity contribution in [1.82, 2.24) is 24.1 Å². The van der Waals surface area contributed by atoms with Crippen LogP contribution in [0.2, 0.25) is 0 Å². The minimum atomic E-state index is -4.57. The lowest BCUT2D eigenvalue weighted by Crippen LogP contribution is -2.11. The van der Waals surface area contributed by atoms with Gasteiger partial charge in [-0.3, -0.25) is 14.4 Å². The number of imidazole rings is 1. The van der Waals surface area contributed by atoms with Crippen LogP contribution >= 0.6 is 11.8 Å². The molecule has 26 heavy (non-hydrogen) atoms. The summed E-state index contributed by atoms with van der Waals surface area (Å²) >= 11 is 1.35. The van der Waals surface area contributed by atoms with Gasteiger partial charge >= 0.3 is 12.3 Å². The Hall–Kier alpha value is -2.76. The molecule has 3 aromatic heterocycles. The Kier molecular flexibility index (Phi) is 4.52. The smallest absolute Gasteiger partial charge is 0.433 e. The molecule has 0 atom stereocenters. The predicted octanol–water partition coefficient (Wildman–Crippen LogP) is 3.35. The van der Waals surface area contributed by atoms with Crippen molar-refractivity contribution >= 4 is 29.3 Å². The van der Waals surface area contributed by atoms with Gasteiger partial charge in [0.05, 0.1) is 4.90 Å². The van der Waals surface area contributed by atoms with E-state index in [1.165, 1.54) is 27.0 Å². The molecule has 0 aliphatic rings. The van der Waals surface area contributed by atoms with Crippen LogP contribution in [0.15, 0.2) is 23.5 Å². The van der Waals surface area contributed by atoms with Crippen molar-refractivity contribution in [3.8, 4) is 11.4 Å². The summed E-state index contributed by atoms with van der Waals surface area (Å²) in [7, 11) is 1.56. The summed E-state index contributed by atoms with van der Waals surface area (Å²) in [6, 6.07) is 0.843. The fourth-order valence-corrected chi connectivity index (χ4v) is 3.24. The highest BCUT2D eigenvalue weighted by Gasteiger charge is 2.33. The summed E-state index contributed by atoms with van der Waals surface area (Å²) < 4.78 is 41.1. The zero-order valence-corrected chi connectivity index (χ0v) is 14.4. The Labute approximate surface area is 149 Å². The summed E-state index contributed by atoms with van der Waals surface area (Å²) in [5, 5.41) is 15.5. The van der Waals surface area contributed by atoms with Crippen molar-refractivity contribution in [2.45, 2.75) is 18.0 Å². The van der Waals surface area contributed by atoms with Gasteiger partial charge in [0.2, 0.25) is 0 Å². The van der Waals surface area contributed by atoms with Crippen LogP contribution < -0.4 is 5.32 Å². The summed E-state index contributed by atoms with van der Waals surface area (Å²) in [6.07, 6.45) is -3.29. The first-order valence-corrected chi connectivity index (χ1v) is 8.31. The van der Waals surface area contributed by atoms with Gasteiger partial charge in [0, 0.05) is 19.3 Å². The number of rotatable bonds is 4. The van der Waals surface area contributed by atoms with E-state index in [1.54, 1.807) is 7.05 Å². The van der Waals surface area contributed by atoms with E-state index < -0.39 is 18.0 Å². The van der Waals surface area contributed by atoms with Crippen LogP contribution in [0.1, 0.15) is 12.6 Å². The first-order chi connectivity index (χ1) is 12.2. The van der Waals surface area contributed by atoms with E-state index in [0.717, 1.165) is 12.4 Å². The van der Waals surface area contributed by atoms with Gasteiger partial charge in [-0.15, -0.1) is 11.8 Å². The molecular formula is C14H13F3N6O2S. The molecule has 3 rings (SSSR count). The predicted molar refractivity (Wildman–Crippen MR) is 88.2 cm³/mol. The van der Waals surface area contributed by atoms with Gasteiger partial charge in [-0.25, -0.2) is 14.8 Å². The number of hydrogen-bond acceptors (Lipinski definition) is 5. The largest absolute Gasteiger partial charge is 0.465 e. The molecule has 8 nitrogen and oxygen atoms in total. The van der Waals surface area contributed by atoms with Crippen LogP contribution in [0.4, 0.5) is 23.8 Å². The van der Waals surface area contributed by atoms with E-state index in [-0.39, 0.29) is 11.5 Å². The number of carboxylic acid groups (broad SMARTS) is 1. The summed E-state index contributed by atoms with van der Waals surface area (Å²) in [5.74, 6) is 0.908. The van der Waals surface area contributed by atoms with Gasteiger partial charge in [-0.1, -0.05) is 6.92 Å². The second-order valence-electron chi connectivity index (χ2n) is 5.18. The van der Waals surface area contributed by atoms with Crippen molar-refractivity contribution in [1.29, 1.82) is 0 Å². The van der Waals surface area contributed by atoms with Crippen LogP contribution in [-0.4, -0.2) is 41.1 Å². The van der Waals surface area contributed by atoms with Gasteiger partial charge in [-0.05, 0) is 5.75 Å². The molecule has 2 N–H and O–H groups in total. The van der Waals surface area contributed by atoms with E-state index in [4.69, 9.17) is 5.11 Å². The number of hydrogen-bond donors (Lipinski definition) is 2. The van der Waals surface area contributed by atoms with E-state index in [2.05, 4.69) is 20.4 Å². The standard InChI is InChI=1S/C14H13F3N6O2S/c1-3-26-11-10(21-22(2)12(11)20-13(24)25)7-5-23-6-18-8(14(15,16)17)4-9(23)19-7/h4-6,20H,3H2,1-2H3,(H,24,25). The van der Waals surface area contributed by atoms with Crippen molar-refractivity contribution in [2.75, 3.05) is 11.1 Å². The molecule has 12 heteroatoms. The number of nitrogens with zero attached hydrogens (tertiary/aromatic N) is 5. The molecule has 0 spiro atoms. The molecule has 0 unspecified atom stereocenters. The lowest BCUT2D eigenvalue weighted by Gasteiger charge is -2.04. The van der Waals surface area contributed by atoms with Gasteiger partial charge < -0.3 is 5.11 Å². The normalized spacial score (nSPS) is 11.9. The molecule has 0 saturated carbocycles. The maximum Gasteiger partial charge on any atom is 0.433 e. The third-order valence-corrected chi connectivity index (χ3v) is 4.36. The third kappa shape index (κ3) is 3.31. The molecule has 0 bridgehead atoms. The van der Waals surface area contributed by atoms with Crippen LogP contribution in [0, 0.1) is 0 Å². The van der Waals surface area contributed by atoms with E-state index >= 15 is 0 Å². The fraction of sp³-hybridized carbons (Fsp3) is 0.286. The van der Waals surface area contributed by atoms with Gasteiger partial charge in [0.1, 0.15) is 34.9 Å². The third-order valence-electron chi connectivity index (χ3n) is 3.40. The summed E-state index contributed by atoms with van der Waals surface area (Å²) in [4.78, 5) is 19.1. The maximum atomic E-state index is 12.8. The number of thioether (sulfide) groups is 1. The van der Waals surface area contributed by atoms with Crippen molar-refractivity contribution in [2.24, 2.45) is 7.05 Å². The minimum absolute atomic E-state index is 0.0631. The number of carbonyl (C=O) groups is 1. The summed E-state index contributed by atoms with van der Waals surface area (Å²) in [5.41, 5.74) is -0.288. The monoisotopic (exact) mass is 386 g/mol. The average molecular weight is 386 g/mol. The molecule has 0 aliphatic heterocycles. The average Bonchev–Trinajstić information content (AvgIpc) is 3.09. The Morgan fingerprint density at radius 2 is 2.15 bits per heavy atom. The maximum absolute atomic E-state index is 12.8. The number of amides is 1. The van der Waals surface area contributed by atoms with Gasteiger partial charge in [0.15, 0.2) is 0 Å². The molecule has 0 aliphatic carbocycles. The van der Waals surface area contributed by atoms with Crippen LogP contribution in [0.25, 0.3) is 17.0 Å².